The molecule has 1 aliphatic rings. The van der Waals surface area contributed by atoms with Crippen LogP contribution in [0, 0.1) is 5.92 Å². The fourth-order valence-electron chi connectivity index (χ4n) is 1.95. The van der Waals surface area contributed by atoms with E-state index in [-0.39, 0.29) is 18.9 Å². The number of carboxylic acid groups (broad SMARTS) is 1. The Hall–Kier alpha value is -1.07. The molecule has 1 aromatic rings. The van der Waals surface area contributed by atoms with Crippen LogP contribution in [-0.2, 0) is 16.1 Å². The predicted octanol–water partition coefficient (Wildman–Crippen LogP) is 2.54. The number of carboxylic acids is 1. The van der Waals surface area contributed by atoms with E-state index < -0.39 is 11.9 Å². The minimum Gasteiger partial charge on any atom is -0.481 e. The summed E-state index contributed by atoms with van der Waals surface area (Å²) in [6.45, 7) is 0.687. The molecule has 1 saturated heterocycles. The Bertz CT molecular complexity index is 506. The molecule has 1 unspecified atom stereocenters. The standard InChI is InChI=1S/C12H11BrClNO3/c13-9-3-7(1-2-10(9)14)5-15-6-8(12(17)18)4-11(15)16/h1-3,8H,4-6H2,(H,17,18). The van der Waals surface area contributed by atoms with E-state index in [4.69, 9.17) is 16.7 Å². The number of likely N-dealkylation sites (tertiary alicyclic amines) is 1. The van der Waals surface area contributed by atoms with E-state index >= 15 is 0 Å². The molecule has 0 spiro atoms. The first kappa shape index (κ1) is 13.4. The van der Waals surface area contributed by atoms with Gasteiger partial charge >= 0.3 is 5.97 Å². The summed E-state index contributed by atoms with van der Waals surface area (Å²) in [5.74, 6) is -1.62. The van der Waals surface area contributed by atoms with Crippen LogP contribution in [0.1, 0.15) is 12.0 Å². The van der Waals surface area contributed by atoms with Gasteiger partial charge in [-0.15, -0.1) is 0 Å². The second kappa shape index (κ2) is 5.28. The zero-order valence-electron chi connectivity index (χ0n) is 9.40. The second-order valence-corrected chi connectivity index (χ2v) is 5.52. The summed E-state index contributed by atoms with van der Waals surface area (Å²) >= 11 is 9.20. The van der Waals surface area contributed by atoms with E-state index in [0.717, 1.165) is 10.0 Å². The number of amides is 1. The van der Waals surface area contributed by atoms with Crippen LogP contribution in [0.5, 0.6) is 0 Å². The second-order valence-electron chi connectivity index (χ2n) is 4.26. The lowest BCUT2D eigenvalue weighted by Gasteiger charge is -2.16. The third kappa shape index (κ3) is 2.84. The Morgan fingerprint density at radius 2 is 2.28 bits per heavy atom. The van der Waals surface area contributed by atoms with Crippen molar-refractivity contribution in [3.05, 3.63) is 33.3 Å². The Morgan fingerprint density at radius 1 is 1.56 bits per heavy atom. The van der Waals surface area contributed by atoms with Crippen LogP contribution in [0.25, 0.3) is 0 Å². The molecular weight excluding hydrogens is 321 g/mol. The molecule has 1 N–H and O–H groups in total. The normalized spacial score (nSPS) is 19.3. The van der Waals surface area contributed by atoms with Gasteiger partial charge in [-0.3, -0.25) is 9.59 Å². The highest BCUT2D eigenvalue weighted by molar-refractivity contribution is 9.10. The average molecular weight is 333 g/mol. The molecule has 1 fully saturated rings. The molecular formula is C12H11BrClNO3. The first-order chi connectivity index (χ1) is 8.47. The van der Waals surface area contributed by atoms with Crippen LogP contribution in [0.15, 0.2) is 22.7 Å². The lowest BCUT2D eigenvalue weighted by Crippen LogP contribution is -2.25. The number of nitrogens with zero attached hydrogens (tertiary/aromatic N) is 1. The minimum absolute atomic E-state index is 0.0874. The fraction of sp³-hybridized carbons (Fsp3) is 0.333. The Balaban J connectivity index is 2.08. The molecule has 2 rings (SSSR count). The van der Waals surface area contributed by atoms with Crippen molar-refractivity contribution < 1.29 is 14.7 Å². The van der Waals surface area contributed by atoms with Crippen LogP contribution in [0.3, 0.4) is 0 Å². The summed E-state index contributed by atoms with van der Waals surface area (Å²) in [6, 6.07) is 5.41. The number of halogens is 2. The monoisotopic (exact) mass is 331 g/mol. The maximum atomic E-state index is 11.7. The maximum absolute atomic E-state index is 11.7. The topological polar surface area (TPSA) is 57.6 Å². The molecule has 0 aliphatic carbocycles. The zero-order chi connectivity index (χ0) is 13.3. The van der Waals surface area contributed by atoms with Gasteiger partial charge in [0.25, 0.3) is 0 Å². The average Bonchev–Trinajstić information content (AvgIpc) is 2.66. The number of carbonyl (C=O) groups excluding carboxylic acids is 1. The summed E-state index contributed by atoms with van der Waals surface area (Å²) in [4.78, 5) is 24.1. The van der Waals surface area contributed by atoms with Gasteiger partial charge in [-0.2, -0.15) is 0 Å². The van der Waals surface area contributed by atoms with Gasteiger partial charge in [0, 0.05) is 24.0 Å². The van der Waals surface area contributed by atoms with E-state index in [2.05, 4.69) is 15.9 Å². The van der Waals surface area contributed by atoms with Gasteiger partial charge < -0.3 is 10.0 Å². The van der Waals surface area contributed by atoms with Gasteiger partial charge in [0.15, 0.2) is 0 Å². The van der Waals surface area contributed by atoms with Crippen molar-refractivity contribution in [1.82, 2.24) is 4.90 Å². The number of hydrogen-bond acceptors (Lipinski definition) is 2. The van der Waals surface area contributed by atoms with Crippen LogP contribution < -0.4 is 0 Å². The highest BCUT2D eigenvalue weighted by Gasteiger charge is 2.34. The van der Waals surface area contributed by atoms with Gasteiger partial charge in [0.2, 0.25) is 5.91 Å². The number of carbonyl (C=O) groups is 2. The quantitative estimate of drug-likeness (QED) is 0.925. The van der Waals surface area contributed by atoms with Gasteiger partial charge in [-0.25, -0.2) is 0 Å². The molecule has 1 aromatic carbocycles. The number of aliphatic carboxylic acids is 1. The Morgan fingerprint density at radius 3 is 2.83 bits per heavy atom. The molecule has 1 atom stereocenters. The predicted molar refractivity (Wildman–Crippen MR) is 70.3 cm³/mol. The summed E-state index contributed by atoms with van der Waals surface area (Å²) in [5.41, 5.74) is 0.922. The maximum Gasteiger partial charge on any atom is 0.308 e. The van der Waals surface area contributed by atoms with Gasteiger partial charge in [0.05, 0.1) is 10.9 Å². The third-order valence-corrected chi connectivity index (χ3v) is 4.14. The van der Waals surface area contributed by atoms with Crippen molar-refractivity contribution in [2.24, 2.45) is 5.92 Å². The number of hydrogen-bond donors (Lipinski definition) is 1. The highest BCUT2D eigenvalue weighted by atomic mass is 79.9. The van der Waals surface area contributed by atoms with Crippen molar-refractivity contribution in [2.75, 3.05) is 6.54 Å². The first-order valence-corrected chi connectivity index (χ1v) is 6.59. The SMILES string of the molecule is O=C(O)C1CC(=O)N(Cc2ccc(Cl)c(Br)c2)C1. The van der Waals surface area contributed by atoms with E-state index in [0.29, 0.717) is 11.6 Å². The molecule has 0 radical (unpaired) electrons. The molecule has 4 nitrogen and oxygen atoms in total. The molecule has 18 heavy (non-hydrogen) atoms. The summed E-state index contributed by atoms with van der Waals surface area (Å²) in [7, 11) is 0. The molecule has 0 aromatic heterocycles. The van der Waals surface area contributed by atoms with Crippen molar-refractivity contribution in [2.45, 2.75) is 13.0 Å². The number of rotatable bonds is 3. The van der Waals surface area contributed by atoms with Gasteiger partial charge in [-0.05, 0) is 33.6 Å². The first-order valence-electron chi connectivity index (χ1n) is 5.42. The lowest BCUT2D eigenvalue weighted by atomic mass is 10.1. The summed E-state index contributed by atoms with van der Waals surface area (Å²) in [6.07, 6.45) is 0.0874. The van der Waals surface area contributed by atoms with Crippen LogP contribution in [0.4, 0.5) is 0 Å². The van der Waals surface area contributed by atoms with Gasteiger partial charge in [0.1, 0.15) is 0 Å². The van der Waals surface area contributed by atoms with Crippen LogP contribution in [-0.4, -0.2) is 28.4 Å². The Labute approximate surface area is 118 Å². The molecule has 1 heterocycles. The molecule has 6 heteroatoms. The smallest absolute Gasteiger partial charge is 0.308 e. The van der Waals surface area contributed by atoms with E-state index in [1.54, 1.807) is 11.0 Å². The van der Waals surface area contributed by atoms with Crippen molar-refractivity contribution in [1.29, 1.82) is 0 Å². The largest absolute Gasteiger partial charge is 0.481 e. The van der Waals surface area contributed by atoms with Crippen molar-refractivity contribution in [3.63, 3.8) is 0 Å². The molecule has 1 aliphatic heterocycles. The molecule has 0 bridgehead atoms. The zero-order valence-corrected chi connectivity index (χ0v) is 11.7. The minimum atomic E-state index is -0.914. The molecule has 1 amide bonds. The van der Waals surface area contributed by atoms with E-state index in [1.807, 2.05) is 12.1 Å². The van der Waals surface area contributed by atoms with Gasteiger partial charge in [-0.1, -0.05) is 17.7 Å². The summed E-state index contributed by atoms with van der Waals surface area (Å²) in [5, 5.41) is 9.50. The third-order valence-electron chi connectivity index (χ3n) is 2.92. The van der Waals surface area contributed by atoms with Crippen molar-refractivity contribution in [3.8, 4) is 0 Å². The van der Waals surface area contributed by atoms with Crippen LogP contribution in [0.2, 0.25) is 5.02 Å². The number of benzene rings is 1. The fourth-order valence-corrected chi connectivity index (χ4v) is 2.49. The summed E-state index contributed by atoms with van der Waals surface area (Å²) < 4.78 is 0.767. The molecule has 0 saturated carbocycles. The van der Waals surface area contributed by atoms with Crippen molar-refractivity contribution >= 4 is 39.4 Å². The Kier molecular flexibility index (Phi) is 3.92. The molecule has 96 valence electrons. The highest BCUT2D eigenvalue weighted by Crippen LogP contribution is 2.25. The van der Waals surface area contributed by atoms with E-state index in [1.165, 1.54) is 0 Å². The van der Waals surface area contributed by atoms with Crippen LogP contribution >= 0.6 is 27.5 Å². The van der Waals surface area contributed by atoms with E-state index in [9.17, 15) is 9.59 Å². The lowest BCUT2D eigenvalue weighted by molar-refractivity contribution is -0.141.